The van der Waals surface area contributed by atoms with Crippen molar-refractivity contribution in [3.63, 3.8) is 0 Å². The Bertz CT molecular complexity index is 2170. The Hall–Kier alpha value is -4.44. The number of anilines is 2. The highest BCUT2D eigenvalue weighted by molar-refractivity contribution is 7.26. The van der Waals surface area contributed by atoms with Gasteiger partial charge in [-0.2, -0.15) is 0 Å². The molecule has 6 aromatic carbocycles. The highest BCUT2D eigenvalue weighted by atomic mass is 32.1. The highest BCUT2D eigenvalue weighted by Crippen LogP contribution is 2.40. The number of fused-ring (bicyclic) bond motifs is 6. The summed E-state index contributed by atoms with van der Waals surface area (Å²) in [6.07, 6.45) is 0. The molecule has 0 spiro atoms. The van der Waals surface area contributed by atoms with Gasteiger partial charge in [0.05, 0.1) is 10.4 Å². The van der Waals surface area contributed by atoms with Gasteiger partial charge in [-0.25, -0.2) is 0 Å². The number of hydrogen-bond acceptors (Lipinski definition) is 3. The van der Waals surface area contributed by atoms with Gasteiger partial charge in [0, 0.05) is 41.3 Å². The van der Waals surface area contributed by atoms with Gasteiger partial charge in [-0.3, -0.25) is 0 Å². The summed E-state index contributed by atoms with van der Waals surface area (Å²) in [5, 5.41) is 9.00. The third-order valence-electron chi connectivity index (χ3n) is 7.45. The lowest BCUT2D eigenvalue weighted by molar-refractivity contribution is 1.56. The molecular formula is C36H23NS2. The highest BCUT2D eigenvalue weighted by Gasteiger charge is 2.10. The maximum Gasteiger partial charge on any atom is 0.0590 e. The van der Waals surface area contributed by atoms with Crippen LogP contribution in [0.1, 0.15) is 0 Å². The molecule has 0 aliphatic rings. The van der Waals surface area contributed by atoms with E-state index in [1.54, 1.807) is 0 Å². The topological polar surface area (TPSA) is 12.0 Å². The average molecular weight is 534 g/mol. The third kappa shape index (κ3) is 3.90. The number of thiophene rings is 2. The Labute approximate surface area is 234 Å². The molecule has 1 nitrogen and oxygen atoms in total. The van der Waals surface area contributed by atoms with Crippen LogP contribution in [0.15, 0.2) is 133 Å². The lowest BCUT2D eigenvalue weighted by atomic mass is 9.97. The summed E-state index contributed by atoms with van der Waals surface area (Å²) < 4.78 is 5.29. The van der Waals surface area contributed by atoms with E-state index >= 15 is 0 Å². The summed E-state index contributed by atoms with van der Waals surface area (Å²) in [4.78, 5) is 0. The third-order valence-corrected chi connectivity index (χ3v) is 9.82. The van der Waals surface area contributed by atoms with Crippen LogP contribution in [0.5, 0.6) is 0 Å². The summed E-state index contributed by atoms with van der Waals surface area (Å²) in [6, 6.07) is 48.4. The van der Waals surface area contributed by atoms with Crippen molar-refractivity contribution in [2.45, 2.75) is 0 Å². The smallest absolute Gasteiger partial charge is 0.0590 e. The van der Waals surface area contributed by atoms with Gasteiger partial charge in [-0.15, -0.1) is 22.7 Å². The molecule has 0 radical (unpaired) electrons. The van der Waals surface area contributed by atoms with Crippen molar-refractivity contribution in [1.82, 2.24) is 0 Å². The van der Waals surface area contributed by atoms with Crippen LogP contribution in [0.3, 0.4) is 0 Å². The van der Waals surface area contributed by atoms with E-state index in [1.807, 2.05) is 22.7 Å². The van der Waals surface area contributed by atoms with Crippen molar-refractivity contribution >= 4 is 74.4 Å². The molecule has 0 aliphatic heterocycles. The molecule has 8 rings (SSSR count). The number of hydrogen-bond donors (Lipinski definition) is 1. The lowest BCUT2D eigenvalue weighted by Gasteiger charge is -2.11. The van der Waals surface area contributed by atoms with E-state index < -0.39 is 0 Å². The van der Waals surface area contributed by atoms with Crippen molar-refractivity contribution in [3.8, 4) is 22.3 Å². The van der Waals surface area contributed by atoms with E-state index in [0.29, 0.717) is 0 Å². The predicted octanol–water partition coefficient (Wildman–Crippen LogP) is 11.5. The Morgan fingerprint density at radius 2 is 0.974 bits per heavy atom. The van der Waals surface area contributed by atoms with Crippen LogP contribution < -0.4 is 5.32 Å². The second-order valence-electron chi connectivity index (χ2n) is 9.88. The summed E-state index contributed by atoms with van der Waals surface area (Å²) in [6.45, 7) is 0. The van der Waals surface area contributed by atoms with Crippen LogP contribution in [-0.2, 0) is 0 Å². The maximum absolute atomic E-state index is 3.71. The summed E-state index contributed by atoms with van der Waals surface area (Å²) in [5.41, 5.74) is 7.14. The molecule has 184 valence electrons. The SMILES string of the molecule is c1cc(Nc2cccc3c2sc2ccccc23)cc(-c2cccc(-c3ccc4sc5ccccc5c4c3)c2)c1. The first-order chi connectivity index (χ1) is 19.3. The molecular weight excluding hydrogens is 511 g/mol. The van der Waals surface area contributed by atoms with Gasteiger partial charge in [-0.05, 0) is 70.8 Å². The second kappa shape index (κ2) is 9.09. The molecule has 0 bridgehead atoms. The van der Waals surface area contributed by atoms with Crippen molar-refractivity contribution in [2.24, 2.45) is 0 Å². The van der Waals surface area contributed by atoms with E-state index in [2.05, 4.69) is 139 Å². The standard InChI is InChI=1S/C36H23NS2/c1-4-17-34-28(12-1)30-14-7-15-32(36(30)39-34)37-27-11-6-10-25(21-27)23-8-5-9-24(20-23)26-18-19-35-31(22-26)29-13-2-3-16-33(29)38-35/h1-22,37H. The van der Waals surface area contributed by atoms with Crippen LogP contribution in [0.25, 0.3) is 62.6 Å². The molecule has 8 aromatic rings. The number of nitrogens with one attached hydrogen (secondary N) is 1. The fraction of sp³-hybridized carbons (Fsp3) is 0. The van der Waals surface area contributed by atoms with Crippen molar-refractivity contribution in [1.29, 1.82) is 0 Å². The van der Waals surface area contributed by atoms with Gasteiger partial charge < -0.3 is 5.32 Å². The zero-order valence-electron chi connectivity index (χ0n) is 21.0. The lowest BCUT2D eigenvalue weighted by Crippen LogP contribution is -1.91. The molecule has 0 aliphatic carbocycles. The van der Waals surface area contributed by atoms with Gasteiger partial charge >= 0.3 is 0 Å². The summed E-state index contributed by atoms with van der Waals surface area (Å²) >= 11 is 3.71. The van der Waals surface area contributed by atoms with Crippen molar-refractivity contribution in [3.05, 3.63) is 133 Å². The Balaban J connectivity index is 1.15. The largest absolute Gasteiger partial charge is 0.354 e. The Morgan fingerprint density at radius 1 is 0.385 bits per heavy atom. The minimum absolute atomic E-state index is 1.09. The minimum atomic E-state index is 1.09. The summed E-state index contributed by atoms with van der Waals surface area (Å²) in [7, 11) is 0. The normalized spacial score (nSPS) is 11.6. The fourth-order valence-electron chi connectivity index (χ4n) is 5.56. The molecule has 2 heterocycles. The molecule has 39 heavy (non-hydrogen) atoms. The van der Waals surface area contributed by atoms with Crippen molar-refractivity contribution in [2.75, 3.05) is 5.32 Å². The zero-order valence-corrected chi connectivity index (χ0v) is 22.7. The molecule has 0 fully saturated rings. The van der Waals surface area contributed by atoms with E-state index in [-0.39, 0.29) is 0 Å². The van der Waals surface area contributed by atoms with E-state index in [4.69, 9.17) is 0 Å². The monoisotopic (exact) mass is 533 g/mol. The fourth-order valence-corrected chi connectivity index (χ4v) is 7.82. The summed E-state index contributed by atoms with van der Waals surface area (Å²) in [5.74, 6) is 0. The number of rotatable bonds is 4. The molecule has 0 amide bonds. The molecule has 0 unspecified atom stereocenters. The van der Waals surface area contributed by atoms with Gasteiger partial charge in [0.15, 0.2) is 0 Å². The average Bonchev–Trinajstić information content (AvgIpc) is 3.56. The van der Waals surface area contributed by atoms with Gasteiger partial charge in [0.2, 0.25) is 0 Å². The first-order valence-corrected chi connectivity index (χ1v) is 14.7. The van der Waals surface area contributed by atoms with Crippen LogP contribution in [0.2, 0.25) is 0 Å². The van der Waals surface area contributed by atoms with Gasteiger partial charge in [0.25, 0.3) is 0 Å². The second-order valence-corrected chi connectivity index (χ2v) is 12.0. The van der Waals surface area contributed by atoms with Gasteiger partial charge in [-0.1, -0.05) is 84.9 Å². The Morgan fingerprint density at radius 3 is 1.79 bits per heavy atom. The first kappa shape index (κ1) is 22.5. The minimum Gasteiger partial charge on any atom is -0.354 e. The van der Waals surface area contributed by atoms with E-state index in [0.717, 1.165) is 11.4 Å². The molecule has 2 aromatic heterocycles. The quantitative estimate of drug-likeness (QED) is 0.237. The number of benzene rings is 6. The van der Waals surface area contributed by atoms with Crippen LogP contribution in [0.4, 0.5) is 11.4 Å². The first-order valence-electron chi connectivity index (χ1n) is 13.1. The molecule has 0 saturated heterocycles. The van der Waals surface area contributed by atoms with E-state index in [9.17, 15) is 0 Å². The van der Waals surface area contributed by atoms with Crippen molar-refractivity contribution < 1.29 is 0 Å². The molecule has 3 heteroatoms. The molecule has 1 N–H and O–H groups in total. The zero-order chi connectivity index (χ0) is 25.8. The molecule has 0 saturated carbocycles. The van der Waals surface area contributed by atoms with E-state index in [1.165, 1.54) is 62.6 Å². The van der Waals surface area contributed by atoms with Gasteiger partial charge in [0.1, 0.15) is 0 Å². The van der Waals surface area contributed by atoms with Crippen LogP contribution in [0, 0.1) is 0 Å². The van der Waals surface area contributed by atoms with Crippen LogP contribution in [-0.4, -0.2) is 0 Å². The Kier molecular flexibility index (Phi) is 5.25. The predicted molar refractivity (Wildman–Crippen MR) is 173 cm³/mol. The molecule has 0 atom stereocenters. The van der Waals surface area contributed by atoms with Crippen LogP contribution >= 0.6 is 22.7 Å². The maximum atomic E-state index is 3.71.